The molecule has 0 aromatic heterocycles. The van der Waals surface area contributed by atoms with Gasteiger partial charge in [0.1, 0.15) is 0 Å². The lowest BCUT2D eigenvalue weighted by molar-refractivity contribution is -0.0277. The summed E-state index contributed by atoms with van der Waals surface area (Å²) in [5.74, 6) is 0.619. The molecule has 0 amide bonds. The van der Waals surface area contributed by atoms with Gasteiger partial charge in [0, 0.05) is 19.1 Å². The van der Waals surface area contributed by atoms with E-state index in [1.807, 2.05) is 0 Å². The fourth-order valence-corrected chi connectivity index (χ4v) is 2.64. The minimum atomic E-state index is 0.281. The van der Waals surface area contributed by atoms with Gasteiger partial charge in [-0.3, -0.25) is 0 Å². The van der Waals surface area contributed by atoms with E-state index in [0.29, 0.717) is 5.92 Å². The maximum absolute atomic E-state index is 6.01. The minimum Gasteiger partial charge on any atom is -0.373 e. The van der Waals surface area contributed by atoms with Crippen LogP contribution in [0.4, 0.5) is 0 Å². The Morgan fingerprint density at radius 3 is 2.78 bits per heavy atom. The largest absolute Gasteiger partial charge is 0.373 e. The quantitative estimate of drug-likeness (QED) is 0.805. The Labute approximate surface area is 111 Å². The van der Waals surface area contributed by atoms with Gasteiger partial charge in [0.25, 0.3) is 0 Å². The topological polar surface area (TPSA) is 21.3 Å². The summed E-state index contributed by atoms with van der Waals surface area (Å²) in [4.78, 5) is 0. The second-order valence-electron chi connectivity index (χ2n) is 5.31. The zero-order valence-corrected chi connectivity index (χ0v) is 11.6. The maximum atomic E-state index is 6.01. The van der Waals surface area contributed by atoms with E-state index in [1.54, 1.807) is 0 Å². The smallest absolute Gasteiger partial charge is 0.0865 e. The highest BCUT2D eigenvalue weighted by molar-refractivity contribution is 5.24. The van der Waals surface area contributed by atoms with Crippen LogP contribution in [0.3, 0.4) is 0 Å². The Hall–Kier alpha value is -0.860. The van der Waals surface area contributed by atoms with Crippen LogP contribution in [0.5, 0.6) is 0 Å². The molecule has 0 radical (unpaired) electrons. The Morgan fingerprint density at radius 2 is 2.06 bits per heavy atom. The van der Waals surface area contributed by atoms with Crippen molar-refractivity contribution in [1.29, 1.82) is 0 Å². The molecule has 2 unspecified atom stereocenters. The van der Waals surface area contributed by atoms with Crippen LogP contribution in [0.25, 0.3) is 0 Å². The number of aryl methyl sites for hydroxylation is 1. The zero-order chi connectivity index (χ0) is 12.8. The molecule has 1 aliphatic rings. The van der Waals surface area contributed by atoms with Crippen LogP contribution in [0.1, 0.15) is 43.4 Å². The van der Waals surface area contributed by atoms with Crippen molar-refractivity contribution >= 4 is 0 Å². The molecule has 18 heavy (non-hydrogen) atoms. The predicted molar refractivity (Wildman–Crippen MR) is 75.8 cm³/mol. The van der Waals surface area contributed by atoms with E-state index in [2.05, 4.69) is 43.4 Å². The Kier molecular flexibility index (Phi) is 5.21. The summed E-state index contributed by atoms with van der Waals surface area (Å²) in [6.45, 7) is 7.43. The van der Waals surface area contributed by atoms with Gasteiger partial charge in [-0.15, -0.1) is 0 Å². The first kappa shape index (κ1) is 13.6. The van der Waals surface area contributed by atoms with E-state index < -0.39 is 0 Å². The highest BCUT2D eigenvalue weighted by Crippen LogP contribution is 2.33. The molecule has 1 heterocycles. The molecule has 2 rings (SSSR count). The highest BCUT2D eigenvalue weighted by atomic mass is 16.5. The molecule has 0 aliphatic carbocycles. The fourth-order valence-electron chi connectivity index (χ4n) is 2.64. The Morgan fingerprint density at radius 1 is 1.28 bits per heavy atom. The summed E-state index contributed by atoms with van der Waals surface area (Å²) in [5.41, 5.74) is 2.65. The lowest BCUT2D eigenvalue weighted by atomic mass is 9.89. The second-order valence-corrected chi connectivity index (χ2v) is 5.31. The second kappa shape index (κ2) is 6.91. The molecule has 2 nitrogen and oxygen atoms in total. The third-order valence-electron chi connectivity index (χ3n) is 3.68. The zero-order valence-electron chi connectivity index (χ0n) is 11.6. The highest BCUT2D eigenvalue weighted by Gasteiger charge is 2.26. The standard InChI is InChI=1S/C16H25NO/c1-3-10-17-12-15-5-4-11-18-16(15)14-8-6-13(2)7-9-14/h6-9,15-17H,3-5,10-12H2,1-2H3. The predicted octanol–water partition coefficient (Wildman–Crippen LogP) is 3.46. The minimum absolute atomic E-state index is 0.281. The van der Waals surface area contributed by atoms with Crippen LogP contribution in [0, 0.1) is 12.8 Å². The Balaban J connectivity index is 2.00. The third-order valence-corrected chi connectivity index (χ3v) is 3.68. The first-order chi connectivity index (χ1) is 8.81. The lowest BCUT2D eigenvalue weighted by Gasteiger charge is -2.32. The molecule has 1 aromatic carbocycles. The molecule has 0 saturated carbocycles. The lowest BCUT2D eigenvalue weighted by Crippen LogP contribution is -2.32. The van der Waals surface area contributed by atoms with Crippen LogP contribution in [0.2, 0.25) is 0 Å². The maximum Gasteiger partial charge on any atom is 0.0865 e. The average Bonchev–Trinajstić information content (AvgIpc) is 2.41. The summed E-state index contributed by atoms with van der Waals surface area (Å²) in [5, 5.41) is 3.54. The normalized spacial score (nSPS) is 24.1. The average molecular weight is 247 g/mol. The number of ether oxygens (including phenoxy) is 1. The number of hydrogen-bond acceptors (Lipinski definition) is 2. The van der Waals surface area contributed by atoms with Crippen LogP contribution in [-0.4, -0.2) is 19.7 Å². The fraction of sp³-hybridized carbons (Fsp3) is 0.625. The van der Waals surface area contributed by atoms with E-state index >= 15 is 0 Å². The molecule has 100 valence electrons. The van der Waals surface area contributed by atoms with Gasteiger partial charge < -0.3 is 10.1 Å². The van der Waals surface area contributed by atoms with Gasteiger partial charge in [-0.1, -0.05) is 36.8 Å². The molecule has 2 atom stereocenters. The van der Waals surface area contributed by atoms with Gasteiger partial charge in [-0.05, 0) is 38.3 Å². The number of nitrogens with one attached hydrogen (secondary N) is 1. The summed E-state index contributed by atoms with van der Waals surface area (Å²) in [6, 6.07) is 8.81. The van der Waals surface area contributed by atoms with Gasteiger partial charge in [0.05, 0.1) is 6.10 Å². The summed E-state index contributed by atoms with van der Waals surface area (Å²) < 4.78 is 6.01. The third kappa shape index (κ3) is 3.56. The molecular weight excluding hydrogens is 222 g/mol. The van der Waals surface area contributed by atoms with E-state index in [0.717, 1.165) is 19.7 Å². The van der Waals surface area contributed by atoms with Crippen molar-refractivity contribution < 1.29 is 4.74 Å². The van der Waals surface area contributed by atoms with Gasteiger partial charge in [0.2, 0.25) is 0 Å². The molecule has 1 fully saturated rings. The number of benzene rings is 1. The molecule has 1 aromatic rings. The van der Waals surface area contributed by atoms with Gasteiger partial charge in [-0.2, -0.15) is 0 Å². The monoisotopic (exact) mass is 247 g/mol. The first-order valence-electron chi connectivity index (χ1n) is 7.20. The van der Waals surface area contributed by atoms with Crippen molar-refractivity contribution in [3.63, 3.8) is 0 Å². The SMILES string of the molecule is CCCNCC1CCCOC1c1ccc(C)cc1. The van der Waals surface area contributed by atoms with Crippen LogP contribution in [0.15, 0.2) is 24.3 Å². The molecule has 1 saturated heterocycles. The van der Waals surface area contributed by atoms with Crippen LogP contribution < -0.4 is 5.32 Å². The number of rotatable bonds is 5. The summed E-state index contributed by atoms with van der Waals surface area (Å²) >= 11 is 0. The van der Waals surface area contributed by atoms with Crippen LogP contribution >= 0.6 is 0 Å². The van der Waals surface area contributed by atoms with Crippen molar-refractivity contribution in [3.05, 3.63) is 35.4 Å². The van der Waals surface area contributed by atoms with E-state index in [9.17, 15) is 0 Å². The molecular formula is C16H25NO. The Bertz CT molecular complexity index is 347. The molecule has 1 aliphatic heterocycles. The van der Waals surface area contributed by atoms with Crippen molar-refractivity contribution in [1.82, 2.24) is 5.32 Å². The van der Waals surface area contributed by atoms with Crippen LogP contribution in [-0.2, 0) is 4.74 Å². The summed E-state index contributed by atoms with van der Waals surface area (Å²) in [7, 11) is 0. The van der Waals surface area contributed by atoms with Crippen molar-refractivity contribution in [2.75, 3.05) is 19.7 Å². The van der Waals surface area contributed by atoms with Gasteiger partial charge in [0.15, 0.2) is 0 Å². The van der Waals surface area contributed by atoms with Crippen molar-refractivity contribution in [2.24, 2.45) is 5.92 Å². The van der Waals surface area contributed by atoms with Gasteiger partial charge >= 0.3 is 0 Å². The van der Waals surface area contributed by atoms with Crippen molar-refractivity contribution in [2.45, 2.75) is 39.2 Å². The van der Waals surface area contributed by atoms with E-state index in [4.69, 9.17) is 4.74 Å². The summed E-state index contributed by atoms with van der Waals surface area (Å²) in [6.07, 6.45) is 3.95. The molecule has 0 spiro atoms. The van der Waals surface area contributed by atoms with E-state index in [-0.39, 0.29) is 6.10 Å². The molecule has 1 N–H and O–H groups in total. The number of hydrogen-bond donors (Lipinski definition) is 1. The van der Waals surface area contributed by atoms with Crippen molar-refractivity contribution in [3.8, 4) is 0 Å². The van der Waals surface area contributed by atoms with Gasteiger partial charge in [-0.25, -0.2) is 0 Å². The molecule has 0 bridgehead atoms. The van der Waals surface area contributed by atoms with E-state index in [1.165, 1.54) is 30.4 Å². The first-order valence-corrected chi connectivity index (χ1v) is 7.20. The molecule has 2 heteroatoms.